The number of hydrogen-bond acceptors (Lipinski definition) is 3. The van der Waals surface area contributed by atoms with Crippen molar-refractivity contribution >= 4 is 11.6 Å². The Bertz CT molecular complexity index is 419. The molecule has 1 aromatic heterocycles. The maximum atomic E-state index is 11.5. The van der Waals surface area contributed by atoms with Crippen LogP contribution in [0.15, 0.2) is 18.3 Å². The second-order valence-corrected chi connectivity index (χ2v) is 5.12. The average Bonchev–Trinajstić information content (AvgIpc) is 2.38. The van der Waals surface area contributed by atoms with Crippen molar-refractivity contribution < 1.29 is 4.79 Å². The molecule has 2 atom stereocenters. The number of anilines is 1. The van der Waals surface area contributed by atoms with Crippen molar-refractivity contribution in [3.63, 3.8) is 0 Å². The molecule has 1 fully saturated rings. The Morgan fingerprint density at radius 2 is 2.28 bits per heavy atom. The third-order valence-electron chi connectivity index (χ3n) is 3.53. The topological polar surface area (TPSA) is 54.0 Å². The molecular weight excluding hydrogens is 226 g/mol. The van der Waals surface area contributed by atoms with E-state index in [2.05, 4.69) is 22.5 Å². The number of carbonyl (C=O) groups excluding carboxylic acids is 1. The Balaban J connectivity index is 2.02. The largest absolute Gasteiger partial charge is 0.382 e. The molecule has 2 rings (SSSR count). The number of hydrogen-bond donors (Lipinski definition) is 2. The number of aromatic nitrogens is 1. The van der Waals surface area contributed by atoms with E-state index in [-0.39, 0.29) is 5.91 Å². The monoisotopic (exact) mass is 247 g/mol. The zero-order valence-corrected chi connectivity index (χ0v) is 11.1. The molecule has 1 aliphatic rings. The van der Waals surface area contributed by atoms with Gasteiger partial charge in [0, 0.05) is 25.0 Å². The third kappa shape index (κ3) is 3.22. The zero-order chi connectivity index (χ0) is 13.0. The third-order valence-corrected chi connectivity index (χ3v) is 3.53. The summed E-state index contributed by atoms with van der Waals surface area (Å²) in [6.07, 6.45) is 6.71. The molecule has 0 saturated heterocycles. The van der Waals surface area contributed by atoms with Crippen molar-refractivity contribution in [1.29, 1.82) is 0 Å². The first-order chi connectivity index (χ1) is 8.69. The van der Waals surface area contributed by atoms with Crippen LogP contribution in [-0.2, 0) is 0 Å². The van der Waals surface area contributed by atoms with E-state index < -0.39 is 0 Å². The van der Waals surface area contributed by atoms with Gasteiger partial charge >= 0.3 is 0 Å². The molecule has 1 aromatic rings. The van der Waals surface area contributed by atoms with E-state index in [9.17, 15) is 4.79 Å². The lowest BCUT2D eigenvalue weighted by Crippen LogP contribution is -2.26. The number of rotatable bonds is 3. The number of nitrogens with one attached hydrogen (secondary N) is 2. The summed E-state index contributed by atoms with van der Waals surface area (Å²) in [5.41, 5.74) is 1.45. The zero-order valence-electron chi connectivity index (χ0n) is 11.1. The van der Waals surface area contributed by atoms with Crippen molar-refractivity contribution in [1.82, 2.24) is 10.3 Å². The van der Waals surface area contributed by atoms with Crippen LogP contribution in [0.5, 0.6) is 0 Å². The van der Waals surface area contributed by atoms with E-state index >= 15 is 0 Å². The first kappa shape index (κ1) is 12.9. The molecule has 0 bridgehead atoms. The van der Waals surface area contributed by atoms with Gasteiger partial charge in [0.25, 0.3) is 5.91 Å². The van der Waals surface area contributed by atoms with E-state index in [1.54, 1.807) is 13.2 Å². The van der Waals surface area contributed by atoms with Crippen LogP contribution in [-0.4, -0.2) is 24.0 Å². The van der Waals surface area contributed by atoms with Crippen LogP contribution in [0.4, 0.5) is 5.69 Å². The lowest BCUT2D eigenvalue weighted by atomic mass is 9.87. The summed E-state index contributed by atoms with van der Waals surface area (Å²) < 4.78 is 0. The molecule has 0 aromatic carbocycles. The van der Waals surface area contributed by atoms with E-state index in [4.69, 9.17) is 0 Å². The number of amides is 1. The van der Waals surface area contributed by atoms with Gasteiger partial charge in [0.15, 0.2) is 0 Å². The van der Waals surface area contributed by atoms with Crippen molar-refractivity contribution in [2.75, 3.05) is 12.4 Å². The van der Waals surface area contributed by atoms with Gasteiger partial charge in [0.2, 0.25) is 0 Å². The van der Waals surface area contributed by atoms with E-state index in [0.29, 0.717) is 11.7 Å². The van der Waals surface area contributed by atoms with Gasteiger partial charge in [0.05, 0.1) is 0 Å². The molecule has 2 N–H and O–H groups in total. The summed E-state index contributed by atoms with van der Waals surface area (Å²) in [5, 5.41) is 6.10. The summed E-state index contributed by atoms with van der Waals surface area (Å²) in [6.45, 7) is 2.30. The van der Waals surface area contributed by atoms with Gasteiger partial charge in [-0.2, -0.15) is 0 Å². The van der Waals surface area contributed by atoms with Crippen molar-refractivity contribution in [3.8, 4) is 0 Å². The van der Waals surface area contributed by atoms with Crippen LogP contribution < -0.4 is 10.6 Å². The summed E-state index contributed by atoms with van der Waals surface area (Å²) >= 11 is 0. The second-order valence-electron chi connectivity index (χ2n) is 5.12. The number of nitrogens with zero attached hydrogens (tertiary/aromatic N) is 1. The van der Waals surface area contributed by atoms with Crippen LogP contribution >= 0.6 is 0 Å². The lowest BCUT2D eigenvalue weighted by Gasteiger charge is -2.28. The molecule has 1 aliphatic carbocycles. The van der Waals surface area contributed by atoms with Gasteiger partial charge < -0.3 is 10.6 Å². The maximum Gasteiger partial charge on any atom is 0.269 e. The molecule has 1 saturated carbocycles. The van der Waals surface area contributed by atoms with Crippen molar-refractivity contribution in [3.05, 3.63) is 24.0 Å². The van der Waals surface area contributed by atoms with Crippen LogP contribution in [0.2, 0.25) is 0 Å². The van der Waals surface area contributed by atoms with E-state index in [1.807, 2.05) is 12.1 Å². The summed E-state index contributed by atoms with van der Waals surface area (Å²) in [7, 11) is 1.62. The molecule has 0 aliphatic heterocycles. The Labute approximate surface area is 108 Å². The summed E-state index contributed by atoms with van der Waals surface area (Å²) in [5.74, 6) is 0.646. The Kier molecular flexibility index (Phi) is 4.18. The van der Waals surface area contributed by atoms with Gasteiger partial charge in [0.1, 0.15) is 5.69 Å². The first-order valence-corrected chi connectivity index (χ1v) is 6.63. The maximum absolute atomic E-state index is 11.5. The number of carbonyl (C=O) groups is 1. The standard InChI is InChI=1S/C14H21N3O/c1-10-4-3-5-11(8-10)17-12-6-7-16-13(9-12)14(18)15-2/h6-7,9-11H,3-5,8H2,1-2H3,(H,15,18)(H,16,17). The highest BCUT2D eigenvalue weighted by Gasteiger charge is 2.18. The van der Waals surface area contributed by atoms with Crippen LogP contribution in [0, 0.1) is 5.92 Å². The quantitative estimate of drug-likeness (QED) is 0.862. The molecule has 0 spiro atoms. The van der Waals surface area contributed by atoms with Gasteiger partial charge in [-0.05, 0) is 30.9 Å². The van der Waals surface area contributed by atoms with Gasteiger partial charge in [-0.1, -0.05) is 19.8 Å². The van der Waals surface area contributed by atoms with E-state index in [1.165, 1.54) is 25.7 Å². The molecule has 2 unspecified atom stereocenters. The minimum atomic E-state index is -0.143. The minimum Gasteiger partial charge on any atom is -0.382 e. The first-order valence-electron chi connectivity index (χ1n) is 6.63. The molecule has 1 amide bonds. The van der Waals surface area contributed by atoms with Crippen LogP contribution in [0.25, 0.3) is 0 Å². The van der Waals surface area contributed by atoms with E-state index in [0.717, 1.165) is 11.6 Å². The smallest absolute Gasteiger partial charge is 0.269 e. The molecule has 1 heterocycles. The molecule has 98 valence electrons. The second kappa shape index (κ2) is 5.85. The van der Waals surface area contributed by atoms with Crippen LogP contribution in [0.3, 0.4) is 0 Å². The lowest BCUT2D eigenvalue weighted by molar-refractivity contribution is 0.0958. The summed E-state index contributed by atoms with van der Waals surface area (Å²) in [6, 6.07) is 4.26. The molecule has 4 heteroatoms. The Morgan fingerprint density at radius 1 is 1.44 bits per heavy atom. The van der Waals surface area contributed by atoms with Crippen molar-refractivity contribution in [2.24, 2.45) is 5.92 Å². The highest BCUT2D eigenvalue weighted by molar-refractivity contribution is 5.92. The molecular formula is C14H21N3O. The van der Waals surface area contributed by atoms with Crippen LogP contribution in [0.1, 0.15) is 43.1 Å². The Hall–Kier alpha value is -1.58. The highest BCUT2D eigenvalue weighted by Crippen LogP contribution is 2.26. The average molecular weight is 247 g/mol. The van der Waals surface area contributed by atoms with Gasteiger partial charge in [-0.3, -0.25) is 9.78 Å². The molecule has 4 nitrogen and oxygen atoms in total. The fraction of sp³-hybridized carbons (Fsp3) is 0.571. The summed E-state index contributed by atoms with van der Waals surface area (Å²) in [4.78, 5) is 15.6. The van der Waals surface area contributed by atoms with Crippen molar-refractivity contribution in [2.45, 2.75) is 38.6 Å². The predicted molar refractivity (Wildman–Crippen MR) is 72.7 cm³/mol. The van der Waals surface area contributed by atoms with Gasteiger partial charge in [-0.25, -0.2) is 0 Å². The predicted octanol–water partition coefficient (Wildman–Crippen LogP) is 2.43. The Morgan fingerprint density at radius 3 is 3.00 bits per heavy atom. The highest BCUT2D eigenvalue weighted by atomic mass is 16.1. The molecule has 0 radical (unpaired) electrons. The SMILES string of the molecule is CNC(=O)c1cc(NC2CCCC(C)C2)ccn1. The van der Waals surface area contributed by atoms with Gasteiger partial charge in [-0.15, -0.1) is 0 Å². The fourth-order valence-corrected chi connectivity index (χ4v) is 2.57. The minimum absolute atomic E-state index is 0.143. The molecule has 18 heavy (non-hydrogen) atoms. The normalized spacial score (nSPS) is 23.4. The fourth-order valence-electron chi connectivity index (χ4n) is 2.57. The number of pyridine rings is 1.